The third-order valence-electron chi connectivity index (χ3n) is 2.80. The lowest BCUT2D eigenvalue weighted by molar-refractivity contribution is 0.559. The fourth-order valence-corrected chi connectivity index (χ4v) is 3.66. The zero-order valence-electron chi connectivity index (χ0n) is 11.0. The Kier molecular flexibility index (Phi) is 4.95. The monoisotopic (exact) mass is 357 g/mol. The first-order chi connectivity index (χ1) is 9.51. The van der Waals surface area contributed by atoms with Crippen LogP contribution in [0, 0.1) is 6.92 Å². The second-order valence-electron chi connectivity index (χ2n) is 4.50. The summed E-state index contributed by atoms with van der Waals surface area (Å²) in [4.78, 5) is 6.65. The fourth-order valence-electron chi connectivity index (χ4n) is 1.84. The molecule has 1 aromatic carbocycles. The molecule has 0 radical (unpaired) electrons. The number of hydrogen-bond donors (Lipinski definition) is 2. The SMILES string of the molecule is Cc1ncc(S(=O)(=O)NC(CBr)Cc2ccccc2)[nH]1. The maximum Gasteiger partial charge on any atom is 0.257 e. The largest absolute Gasteiger partial charge is 0.332 e. The van der Waals surface area contributed by atoms with Gasteiger partial charge in [0.15, 0.2) is 5.03 Å². The number of sulfonamides is 1. The molecule has 20 heavy (non-hydrogen) atoms. The average molecular weight is 358 g/mol. The van der Waals surface area contributed by atoms with Crippen LogP contribution in [-0.4, -0.2) is 29.8 Å². The fraction of sp³-hybridized carbons (Fsp3) is 0.308. The highest BCUT2D eigenvalue weighted by atomic mass is 79.9. The Labute approximate surface area is 127 Å². The molecular formula is C13H16BrN3O2S. The van der Waals surface area contributed by atoms with E-state index in [1.807, 2.05) is 30.3 Å². The normalized spacial score (nSPS) is 13.3. The summed E-state index contributed by atoms with van der Waals surface area (Å²) in [6, 6.07) is 9.55. The Hall–Kier alpha value is -1.18. The summed E-state index contributed by atoms with van der Waals surface area (Å²) in [7, 11) is -3.57. The van der Waals surface area contributed by atoms with Crippen LogP contribution in [0.1, 0.15) is 11.4 Å². The molecule has 1 aromatic heterocycles. The van der Waals surface area contributed by atoms with Gasteiger partial charge in [-0.15, -0.1) is 0 Å². The van der Waals surface area contributed by atoms with Gasteiger partial charge in [0.05, 0.1) is 6.20 Å². The first-order valence-electron chi connectivity index (χ1n) is 6.15. The Morgan fingerprint density at radius 3 is 2.60 bits per heavy atom. The third kappa shape index (κ3) is 3.91. The van der Waals surface area contributed by atoms with Crippen molar-refractivity contribution in [3.8, 4) is 0 Å². The van der Waals surface area contributed by atoms with E-state index in [2.05, 4.69) is 30.6 Å². The van der Waals surface area contributed by atoms with Gasteiger partial charge in [-0.05, 0) is 18.9 Å². The maximum atomic E-state index is 12.2. The van der Waals surface area contributed by atoms with Crippen molar-refractivity contribution in [1.29, 1.82) is 0 Å². The van der Waals surface area contributed by atoms with Gasteiger partial charge in [0.2, 0.25) is 0 Å². The number of aromatic amines is 1. The molecule has 2 N–H and O–H groups in total. The van der Waals surface area contributed by atoms with Gasteiger partial charge in [0.25, 0.3) is 10.0 Å². The van der Waals surface area contributed by atoms with Crippen LogP contribution in [0.25, 0.3) is 0 Å². The molecular weight excluding hydrogens is 342 g/mol. The predicted octanol–water partition coefficient (Wildman–Crippen LogP) is 2.00. The van der Waals surface area contributed by atoms with Gasteiger partial charge in [0, 0.05) is 11.4 Å². The number of aryl methyl sites for hydroxylation is 1. The van der Waals surface area contributed by atoms with Crippen molar-refractivity contribution < 1.29 is 8.42 Å². The smallest absolute Gasteiger partial charge is 0.257 e. The van der Waals surface area contributed by atoms with Crippen LogP contribution in [0.3, 0.4) is 0 Å². The van der Waals surface area contributed by atoms with Crippen molar-refractivity contribution >= 4 is 26.0 Å². The number of halogens is 1. The van der Waals surface area contributed by atoms with E-state index in [0.29, 0.717) is 17.6 Å². The summed E-state index contributed by atoms with van der Waals surface area (Å²) in [5.41, 5.74) is 1.08. The van der Waals surface area contributed by atoms with Crippen LogP contribution in [0.15, 0.2) is 41.6 Å². The van der Waals surface area contributed by atoms with E-state index < -0.39 is 10.0 Å². The van der Waals surface area contributed by atoms with Crippen molar-refractivity contribution in [3.63, 3.8) is 0 Å². The molecule has 5 nitrogen and oxygen atoms in total. The molecule has 0 aliphatic heterocycles. The van der Waals surface area contributed by atoms with E-state index in [4.69, 9.17) is 0 Å². The molecule has 1 atom stereocenters. The lowest BCUT2D eigenvalue weighted by atomic mass is 10.1. The summed E-state index contributed by atoms with van der Waals surface area (Å²) < 4.78 is 27.1. The maximum absolute atomic E-state index is 12.2. The van der Waals surface area contributed by atoms with E-state index in [1.54, 1.807) is 6.92 Å². The Balaban J connectivity index is 2.10. The average Bonchev–Trinajstić information content (AvgIpc) is 2.86. The van der Waals surface area contributed by atoms with Crippen molar-refractivity contribution in [2.75, 3.05) is 5.33 Å². The number of alkyl halides is 1. The minimum absolute atomic E-state index is 0.0917. The second-order valence-corrected chi connectivity index (χ2v) is 6.82. The van der Waals surface area contributed by atoms with Crippen LogP contribution >= 0.6 is 15.9 Å². The van der Waals surface area contributed by atoms with E-state index in [0.717, 1.165) is 5.56 Å². The molecule has 0 aliphatic carbocycles. The third-order valence-corrected chi connectivity index (χ3v) is 5.01. The summed E-state index contributed by atoms with van der Waals surface area (Å²) >= 11 is 3.35. The van der Waals surface area contributed by atoms with E-state index in [-0.39, 0.29) is 11.1 Å². The molecule has 108 valence electrons. The van der Waals surface area contributed by atoms with Crippen molar-refractivity contribution in [3.05, 3.63) is 47.9 Å². The topological polar surface area (TPSA) is 74.8 Å². The Bertz CT molecular complexity index is 655. The van der Waals surface area contributed by atoms with Crippen molar-refractivity contribution in [1.82, 2.24) is 14.7 Å². The van der Waals surface area contributed by atoms with Crippen molar-refractivity contribution in [2.45, 2.75) is 24.4 Å². The minimum atomic E-state index is -3.57. The molecule has 1 heterocycles. The Morgan fingerprint density at radius 2 is 2.05 bits per heavy atom. The molecule has 0 spiro atoms. The highest BCUT2D eigenvalue weighted by Gasteiger charge is 2.21. The minimum Gasteiger partial charge on any atom is -0.332 e. The number of benzene rings is 1. The highest BCUT2D eigenvalue weighted by Crippen LogP contribution is 2.10. The second kappa shape index (κ2) is 6.51. The van der Waals surface area contributed by atoms with Crippen LogP contribution in [0.2, 0.25) is 0 Å². The number of nitrogens with one attached hydrogen (secondary N) is 2. The highest BCUT2D eigenvalue weighted by molar-refractivity contribution is 9.09. The van der Waals surface area contributed by atoms with Gasteiger partial charge in [-0.25, -0.2) is 18.1 Å². The van der Waals surface area contributed by atoms with Gasteiger partial charge in [-0.2, -0.15) is 0 Å². The summed E-state index contributed by atoms with van der Waals surface area (Å²) in [6.45, 7) is 1.71. The van der Waals surface area contributed by atoms with Gasteiger partial charge in [-0.1, -0.05) is 46.3 Å². The summed E-state index contributed by atoms with van der Waals surface area (Å²) in [5, 5.41) is 0.628. The molecule has 7 heteroatoms. The quantitative estimate of drug-likeness (QED) is 0.776. The lowest BCUT2D eigenvalue weighted by Gasteiger charge is -2.15. The predicted molar refractivity (Wildman–Crippen MR) is 81.4 cm³/mol. The van der Waals surface area contributed by atoms with E-state index in [9.17, 15) is 8.42 Å². The number of imidazole rings is 1. The van der Waals surface area contributed by atoms with Gasteiger partial charge >= 0.3 is 0 Å². The van der Waals surface area contributed by atoms with E-state index >= 15 is 0 Å². The number of hydrogen-bond acceptors (Lipinski definition) is 3. The molecule has 1 unspecified atom stereocenters. The summed E-state index contributed by atoms with van der Waals surface area (Å²) in [5.74, 6) is 0.573. The van der Waals surface area contributed by atoms with Gasteiger partial charge in [-0.3, -0.25) is 0 Å². The van der Waals surface area contributed by atoms with Gasteiger partial charge in [0.1, 0.15) is 5.82 Å². The number of H-pyrrole nitrogens is 1. The zero-order valence-corrected chi connectivity index (χ0v) is 13.4. The van der Waals surface area contributed by atoms with Crippen LogP contribution in [-0.2, 0) is 16.4 Å². The number of rotatable bonds is 6. The lowest BCUT2D eigenvalue weighted by Crippen LogP contribution is -2.37. The first kappa shape index (κ1) is 15.2. The molecule has 0 bridgehead atoms. The molecule has 2 rings (SSSR count). The molecule has 2 aromatic rings. The summed E-state index contributed by atoms with van der Waals surface area (Å²) in [6.07, 6.45) is 1.95. The molecule has 0 saturated heterocycles. The zero-order chi connectivity index (χ0) is 14.6. The van der Waals surface area contributed by atoms with Crippen LogP contribution < -0.4 is 4.72 Å². The van der Waals surface area contributed by atoms with Gasteiger partial charge < -0.3 is 4.98 Å². The Morgan fingerprint density at radius 1 is 1.35 bits per heavy atom. The first-order valence-corrected chi connectivity index (χ1v) is 8.75. The number of aromatic nitrogens is 2. The molecule has 0 aliphatic rings. The van der Waals surface area contributed by atoms with Crippen molar-refractivity contribution in [2.24, 2.45) is 0 Å². The molecule has 0 fully saturated rings. The standard InChI is InChI=1S/C13H16BrN3O2S/c1-10-15-9-13(16-10)20(18,19)17-12(8-14)7-11-5-3-2-4-6-11/h2-6,9,12,17H,7-8H2,1H3,(H,15,16). The van der Waals surface area contributed by atoms with E-state index in [1.165, 1.54) is 6.20 Å². The molecule has 0 amide bonds. The van der Waals surface area contributed by atoms with Crippen LogP contribution in [0.5, 0.6) is 0 Å². The van der Waals surface area contributed by atoms with Crippen LogP contribution in [0.4, 0.5) is 0 Å². The number of nitrogens with zero attached hydrogens (tertiary/aromatic N) is 1. The molecule has 0 saturated carbocycles.